The van der Waals surface area contributed by atoms with Gasteiger partial charge < -0.3 is 15.7 Å². The van der Waals surface area contributed by atoms with Crippen molar-refractivity contribution in [3.05, 3.63) is 33.9 Å². The van der Waals surface area contributed by atoms with Crippen LogP contribution in [0.15, 0.2) is 18.2 Å². The second-order valence-corrected chi connectivity index (χ2v) is 5.17. The number of carbonyl (C=O) groups excluding carboxylic acids is 1. The number of anilines is 1. The van der Waals surface area contributed by atoms with Crippen molar-refractivity contribution in [2.75, 3.05) is 12.3 Å². The van der Waals surface area contributed by atoms with Crippen molar-refractivity contribution < 1.29 is 19.6 Å². The van der Waals surface area contributed by atoms with Crippen LogP contribution in [0.5, 0.6) is 0 Å². The standard InChI is InChI=1S/C13H15N3O5/c1-13(12(18)19)5-2-6-15(13)11(17)8-3-4-9(14)10(7-8)16(20)21/h3-4,7H,2,5-6,14H2,1H3,(H,18,19). The first-order valence-electron chi connectivity index (χ1n) is 6.36. The van der Waals surface area contributed by atoms with Crippen molar-refractivity contribution in [3.8, 4) is 0 Å². The number of amides is 1. The second kappa shape index (κ2) is 5.04. The average Bonchev–Trinajstić information content (AvgIpc) is 2.81. The quantitative estimate of drug-likeness (QED) is 0.490. The van der Waals surface area contributed by atoms with Crippen molar-refractivity contribution in [1.82, 2.24) is 4.90 Å². The van der Waals surface area contributed by atoms with E-state index >= 15 is 0 Å². The molecule has 21 heavy (non-hydrogen) atoms. The number of nitro benzene ring substituents is 1. The SMILES string of the molecule is CC1(C(=O)O)CCCN1C(=O)c1ccc(N)c([N+](=O)[O-])c1. The summed E-state index contributed by atoms with van der Waals surface area (Å²) in [6.45, 7) is 1.78. The van der Waals surface area contributed by atoms with Gasteiger partial charge in [0.15, 0.2) is 0 Å². The summed E-state index contributed by atoms with van der Waals surface area (Å²) in [6.07, 6.45) is 0.927. The predicted octanol–water partition coefficient (Wildman–Crippen LogP) is 1.26. The van der Waals surface area contributed by atoms with Crippen LogP contribution in [0.25, 0.3) is 0 Å². The molecule has 0 bridgehead atoms. The van der Waals surface area contributed by atoms with Gasteiger partial charge in [-0.3, -0.25) is 14.9 Å². The van der Waals surface area contributed by atoms with E-state index in [2.05, 4.69) is 0 Å². The molecule has 8 heteroatoms. The summed E-state index contributed by atoms with van der Waals surface area (Å²) in [5.74, 6) is -1.63. The van der Waals surface area contributed by atoms with Crippen LogP contribution in [0.3, 0.4) is 0 Å². The first kappa shape index (κ1) is 14.8. The molecule has 1 fully saturated rings. The van der Waals surface area contributed by atoms with Crippen LogP contribution in [0.1, 0.15) is 30.1 Å². The highest BCUT2D eigenvalue weighted by molar-refractivity contribution is 5.99. The second-order valence-electron chi connectivity index (χ2n) is 5.17. The van der Waals surface area contributed by atoms with Crippen molar-refractivity contribution in [2.45, 2.75) is 25.3 Å². The van der Waals surface area contributed by atoms with E-state index in [-0.39, 0.29) is 16.9 Å². The number of hydrogen-bond donors (Lipinski definition) is 2. The third-order valence-corrected chi connectivity index (χ3v) is 3.82. The van der Waals surface area contributed by atoms with Crippen LogP contribution in [-0.4, -0.2) is 38.9 Å². The minimum Gasteiger partial charge on any atom is -0.480 e. The molecule has 3 N–H and O–H groups in total. The summed E-state index contributed by atoms with van der Waals surface area (Å²) < 4.78 is 0. The lowest BCUT2D eigenvalue weighted by Crippen LogP contribution is -2.50. The predicted molar refractivity (Wildman–Crippen MR) is 73.8 cm³/mol. The van der Waals surface area contributed by atoms with E-state index in [1.54, 1.807) is 0 Å². The summed E-state index contributed by atoms with van der Waals surface area (Å²) in [5, 5.41) is 20.2. The summed E-state index contributed by atoms with van der Waals surface area (Å²) in [6, 6.07) is 3.73. The van der Waals surface area contributed by atoms with Gasteiger partial charge in [-0.2, -0.15) is 0 Å². The Hall–Kier alpha value is -2.64. The fourth-order valence-electron chi connectivity index (χ4n) is 2.50. The van der Waals surface area contributed by atoms with Gasteiger partial charge in [0.1, 0.15) is 11.2 Å². The molecule has 1 atom stereocenters. The minimum atomic E-state index is -1.28. The number of hydrogen-bond acceptors (Lipinski definition) is 5. The van der Waals surface area contributed by atoms with E-state index in [9.17, 15) is 24.8 Å². The Bertz CT molecular complexity index is 630. The van der Waals surface area contributed by atoms with Gasteiger partial charge in [-0.05, 0) is 31.9 Å². The van der Waals surface area contributed by atoms with E-state index in [4.69, 9.17) is 5.73 Å². The fourth-order valence-corrected chi connectivity index (χ4v) is 2.50. The average molecular weight is 293 g/mol. The normalized spacial score (nSPS) is 21.3. The molecule has 0 aliphatic carbocycles. The number of nitrogens with zero attached hydrogens (tertiary/aromatic N) is 2. The monoisotopic (exact) mass is 293 g/mol. The molecule has 0 radical (unpaired) electrons. The molecule has 1 aliphatic heterocycles. The summed E-state index contributed by atoms with van der Waals surface area (Å²) >= 11 is 0. The van der Waals surface area contributed by atoms with E-state index in [0.29, 0.717) is 19.4 Å². The molecule has 0 saturated carbocycles. The van der Waals surface area contributed by atoms with E-state index in [1.807, 2.05) is 0 Å². The summed E-state index contributed by atoms with van der Waals surface area (Å²) in [4.78, 5) is 35.3. The topological polar surface area (TPSA) is 127 Å². The first-order valence-corrected chi connectivity index (χ1v) is 6.36. The van der Waals surface area contributed by atoms with Crippen molar-refractivity contribution in [3.63, 3.8) is 0 Å². The van der Waals surface area contributed by atoms with Crippen LogP contribution < -0.4 is 5.73 Å². The van der Waals surface area contributed by atoms with Crippen molar-refractivity contribution in [1.29, 1.82) is 0 Å². The van der Waals surface area contributed by atoms with Crippen molar-refractivity contribution >= 4 is 23.3 Å². The molecule has 1 unspecified atom stereocenters. The molecule has 2 rings (SSSR count). The van der Waals surface area contributed by atoms with Crippen molar-refractivity contribution in [2.24, 2.45) is 0 Å². The maximum absolute atomic E-state index is 12.5. The maximum atomic E-state index is 12.5. The first-order chi connectivity index (χ1) is 9.77. The molecule has 112 valence electrons. The maximum Gasteiger partial charge on any atom is 0.329 e. The zero-order chi connectivity index (χ0) is 15.8. The summed E-state index contributed by atoms with van der Waals surface area (Å²) in [5.41, 5.74) is 3.85. The molecule has 1 saturated heterocycles. The largest absolute Gasteiger partial charge is 0.480 e. The Labute approximate surface area is 120 Å². The van der Waals surface area contributed by atoms with Gasteiger partial charge in [0, 0.05) is 18.2 Å². The number of rotatable bonds is 3. The van der Waals surface area contributed by atoms with Gasteiger partial charge in [0.05, 0.1) is 4.92 Å². The molecule has 0 spiro atoms. The van der Waals surface area contributed by atoms with E-state index < -0.39 is 22.3 Å². The Balaban J connectivity index is 2.39. The number of carbonyl (C=O) groups is 2. The van der Waals surface area contributed by atoms with E-state index in [1.165, 1.54) is 24.0 Å². The van der Waals surface area contributed by atoms with Gasteiger partial charge >= 0.3 is 5.97 Å². The van der Waals surface area contributed by atoms with Crippen LogP contribution in [0.2, 0.25) is 0 Å². The van der Waals surface area contributed by atoms with Crippen LogP contribution in [0.4, 0.5) is 11.4 Å². The van der Waals surface area contributed by atoms with Gasteiger partial charge in [0.2, 0.25) is 0 Å². The molecular formula is C13H15N3O5. The molecule has 8 nitrogen and oxygen atoms in total. The van der Waals surface area contributed by atoms with Crippen LogP contribution >= 0.6 is 0 Å². The van der Waals surface area contributed by atoms with Crippen LogP contribution in [-0.2, 0) is 4.79 Å². The molecule has 1 aromatic rings. The molecule has 1 aliphatic rings. The van der Waals surface area contributed by atoms with Gasteiger partial charge in [0.25, 0.3) is 11.6 Å². The fraction of sp³-hybridized carbons (Fsp3) is 0.385. The molecule has 1 heterocycles. The molecular weight excluding hydrogens is 278 g/mol. The number of carboxylic acids is 1. The Kier molecular flexibility index (Phi) is 3.54. The Morgan fingerprint density at radius 2 is 2.14 bits per heavy atom. The number of benzene rings is 1. The minimum absolute atomic E-state index is 0.0426. The van der Waals surface area contributed by atoms with Gasteiger partial charge in [-0.25, -0.2) is 4.79 Å². The summed E-state index contributed by atoms with van der Waals surface area (Å²) in [7, 11) is 0. The van der Waals surface area contributed by atoms with Gasteiger partial charge in [-0.1, -0.05) is 0 Å². The number of aliphatic carboxylic acids is 1. The third-order valence-electron chi connectivity index (χ3n) is 3.82. The van der Waals surface area contributed by atoms with Gasteiger partial charge in [-0.15, -0.1) is 0 Å². The number of nitrogen functional groups attached to an aromatic ring is 1. The smallest absolute Gasteiger partial charge is 0.329 e. The lowest BCUT2D eigenvalue weighted by molar-refractivity contribution is -0.383. The lowest BCUT2D eigenvalue weighted by atomic mass is 9.98. The number of carboxylic acid groups (broad SMARTS) is 1. The highest BCUT2D eigenvalue weighted by Gasteiger charge is 2.46. The third kappa shape index (κ3) is 2.39. The Morgan fingerprint density at radius 3 is 2.71 bits per heavy atom. The highest BCUT2D eigenvalue weighted by Crippen LogP contribution is 2.32. The Morgan fingerprint density at radius 1 is 1.48 bits per heavy atom. The number of nitrogens with two attached hydrogens (primary N) is 1. The molecule has 1 amide bonds. The van der Waals surface area contributed by atoms with Crippen LogP contribution in [0, 0.1) is 10.1 Å². The number of likely N-dealkylation sites (tertiary alicyclic amines) is 1. The zero-order valence-electron chi connectivity index (χ0n) is 11.4. The lowest BCUT2D eigenvalue weighted by Gasteiger charge is -2.31. The highest BCUT2D eigenvalue weighted by atomic mass is 16.6. The molecule has 0 aromatic heterocycles. The zero-order valence-corrected chi connectivity index (χ0v) is 11.4. The van der Waals surface area contributed by atoms with E-state index in [0.717, 1.165) is 6.07 Å². The number of nitro groups is 1. The molecule has 1 aromatic carbocycles.